The van der Waals surface area contributed by atoms with Gasteiger partial charge in [-0.2, -0.15) is 0 Å². The number of rotatable bonds is 3. The van der Waals surface area contributed by atoms with Crippen LogP contribution in [0.5, 0.6) is 0 Å². The van der Waals surface area contributed by atoms with E-state index in [4.69, 9.17) is 23.2 Å². The van der Waals surface area contributed by atoms with Crippen molar-refractivity contribution in [2.45, 2.75) is 33.2 Å². The van der Waals surface area contributed by atoms with E-state index in [-0.39, 0.29) is 5.54 Å². The highest BCUT2D eigenvalue weighted by molar-refractivity contribution is 6.42. The lowest BCUT2D eigenvalue weighted by molar-refractivity contribution is 0.445. The van der Waals surface area contributed by atoms with Crippen LogP contribution in [0.4, 0.5) is 0 Å². The quantitative estimate of drug-likeness (QED) is 0.834. The third kappa shape index (κ3) is 5.12. The molecule has 0 fully saturated rings. The Balaban J connectivity index is 2.78. The summed E-state index contributed by atoms with van der Waals surface area (Å²) in [5, 5.41) is 4.64. The lowest BCUT2D eigenvalue weighted by Crippen LogP contribution is -2.36. The van der Waals surface area contributed by atoms with Crippen molar-refractivity contribution in [3.8, 4) is 0 Å². The SMILES string of the molecule is CC(=Cc1cccc(Cl)c1Cl)CNC(C)(C)C. The largest absolute Gasteiger partial charge is 0.308 e. The maximum atomic E-state index is 6.13. The van der Waals surface area contributed by atoms with E-state index < -0.39 is 0 Å². The Bertz CT molecular complexity index is 417. The molecule has 1 rings (SSSR count). The molecule has 0 saturated heterocycles. The average molecular weight is 272 g/mol. The smallest absolute Gasteiger partial charge is 0.0664 e. The van der Waals surface area contributed by atoms with Gasteiger partial charge in [-0.3, -0.25) is 0 Å². The number of benzene rings is 1. The maximum absolute atomic E-state index is 6.13. The van der Waals surface area contributed by atoms with Crippen LogP contribution in [0.2, 0.25) is 10.0 Å². The highest BCUT2D eigenvalue weighted by atomic mass is 35.5. The first-order chi connectivity index (χ1) is 7.79. The molecule has 3 heteroatoms. The van der Waals surface area contributed by atoms with Gasteiger partial charge in [-0.1, -0.05) is 47.0 Å². The van der Waals surface area contributed by atoms with E-state index >= 15 is 0 Å². The number of hydrogen-bond donors (Lipinski definition) is 1. The van der Waals surface area contributed by atoms with Crippen LogP contribution in [0.1, 0.15) is 33.3 Å². The van der Waals surface area contributed by atoms with Gasteiger partial charge in [-0.05, 0) is 39.3 Å². The Kier molecular flexibility index (Phi) is 5.05. The van der Waals surface area contributed by atoms with Gasteiger partial charge in [0.1, 0.15) is 0 Å². The summed E-state index contributed by atoms with van der Waals surface area (Å²) in [5.74, 6) is 0. The molecule has 0 unspecified atom stereocenters. The fourth-order valence-corrected chi connectivity index (χ4v) is 1.72. The van der Waals surface area contributed by atoms with E-state index in [0.717, 1.165) is 12.1 Å². The first kappa shape index (κ1) is 14.6. The summed E-state index contributed by atoms with van der Waals surface area (Å²) < 4.78 is 0. The Morgan fingerprint density at radius 3 is 2.53 bits per heavy atom. The lowest BCUT2D eigenvalue weighted by atomic mass is 10.1. The number of halogens is 2. The second kappa shape index (κ2) is 5.90. The molecule has 0 saturated carbocycles. The normalized spacial score (nSPS) is 12.9. The maximum Gasteiger partial charge on any atom is 0.0664 e. The zero-order chi connectivity index (χ0) is 13.1. The van der Waals surface area contributed by atoms with Crippen LogP contribution in [-0.4, -0.2) is 12.1 Å². The Morgan fingerprint density at radius 2 is 1.94 bits per heavy atom. The summed E-state index contributed by atoms with van der Waals surface area (Å²) in [4.78, 5) is 0. The molecule has 1 aromatic carbocycles. The number of hydrogen-bond acceptors (Lipinski definition) is 1. The minimum atomic E-state index is 0.118. The van der Waals surface area contributed by atoms with Crippen molar-refractivity contribution in [2.24, 2.45) is 0 Å². The van der Waals surface area contributed by atoms with Gasteiger partial charge >= 0.3 is 0 Å². The molecular formula is C14H19Cl2N. The lowest BCUT2D eigenvalue weighted by Gasteiger charge is -2.20. The fourth-order valence-electron chi connectivity index (χ4n) is 1.35. The van der Waals surface area contributed by atoms with Gasteiger partial charge in [-0.15, -0.1) is 0 Å². The summed E-state index contributed by atoms with van der Waals surface area (Å²) in [6, 6.07) is 5.67. The van der Waals surface area contributed by atoms with Crippen molar-refractivity contribution in [1.82, 2.24) is 5.32 Å². The highest BCUT2D eigenvalue weighted by Gasteiger charge is 2.08. The van der Waals surface area contributed by atoms with Crippen molar-refractivity contribution in [1.29, 1.82) is 0 Å². The van der Waals surface area contributed by atoms with E-state index in [0.29, 0.717) is 10.0 Å². The number of nitrogens with one attached hydrogen (secondary N) is 1. The predicted molar refractivity (Wildman–Crippen MR) is 77.9 cm³/mol. The predicted octanol–water partition coefficient (Wildman–Crippen LogP) is 4.78. The monoisotopic (exact) mass is 271 g/mol. The van der Waals surface area contributed by atoms with Crippen molar-refractivity contribution in [2.75, 3.05) is 6.54 Å². The summed E-state index contributed by atoms with van der Waals surface area (Å²) in [6.45, 7) is 9.36. The molecule has 0 heterocycles. The minimum Gasteiger partial charge on any atom is -0.308 e. The van der Waals surface area contributed by atoms with E-state index in [1.54, 1.807) is 6.07 Å². The first-order valence-corrected chi connectivity index (χ1v) is 6.41. The third-order valence-corrected chi connectivity index (χ3v) is 3.11. The van der Waals surface area contributed by atoms with Gasteiger partial charge in [-0.25, -0.2) is 0 Å². The Morgan fingerprint density at radius 1 is 1.29 bits per heavy atom. The molecule has 0 aliphatic carbocycles. The summed E-state index contributed by atoms with van der Waals surface area (Å²) in [6.07, 6.45) is 2.06. The van der Waals surface area contributed by atoms with Crippen LogP contribution < -0.4 is 5.32 Å². The topological polar surface area (TPSA) is 12.0 Å². The molecule has 0 atom stereocenters. The van der Waals surface area contributed by atoms with Gasteiger partial charge in [0.25, 0.3) is 0 Å². The minimum absolute atomic E-state index is 0.118. The van der Waals surface area contributed by atoms with Crippen LogP contribution in [0.25, 0.3) is 6.08 Å². The van der Waals surface area contributed by atoms with E-state index in [1.165, 1.54) is 5.57 Å². The zero-order valence-corrected chi connectivity index (χ0v) is 12.3. The van der Waals surface area contributed by atoms with Gasteiger partial charge in [0.05, 0.1) is 10.0 Å². The molecule has 0 radical (unpaired) electrons. The Hall–Kier alpha value is -0.500. The molecule has 0 amide bonds. The van der Waals surface area contributed by atoms with Crippen molar-refractivity contribution < 1.29 is 0 Å². The van der Waals surface area contributed by atoms with Crippen molar-refractivity contribution in [3.05, 3.63) is 39.4 Å². The summed E-state index contributed by atoms with van der Waals surface area (Å²) in [5.41, 5.74) is 2.31. The van der Waals surface area contributed by atoms with E-state index in [1.807, 2.05) is 12.1 Å². The molecule has 1 aromatic rings. The summed E-state index contributed by atoms with van der Waals surface area (Å²) >= 11 is 12.1. The van der Waals surface area contributed by atoms with Crippen LogP contribution >= 0.6 is 23.2 Å². The van der Waals surface area contributed by atoms with Gasteiger partial charge < -0.3 is 5.32 Å². The van der Waals surface area contributed by atoms with E-state index in [2.05, 4.69) is 39.1 Å². The Labute approximate surface area is 114 Å². The molecule has 0 bridgehead atoms. The van der Waals surface area contributed by atoms with Crippen LogP contribution in [-0.2, 0) is 0 Å². The molecular weight excluding hydrogens is 253 g/mol. The van der Waals surface area contributed by atoms with Crippen LogP contribution in [0.3, 0.4) is 0 Å². The zero-order valence-electron chi connectivity index (χ0n) is 10.8. The van der Waals surface area contributed by atoms with Crippen LogP contribution in [0, 0.1) is 0 Å². The average Bonchev–Trinajstić information content (AvgIpc) is 2.21. The standard InChI is InChI=1S/C14H19Cl2N/c1-10(9-17-14(2,3)4)8-11-6-5-7-12(15)13(11)16/h5-8,17H,9H2,1-4H3. The second-order valence-corrected chi connectivity index (χ2v) is 6.02. The third-order valence-electron chi connectivity index (χ3n) is 2.28. The molecule has 1 N–H and O–H groups in total. The molecule has 0 aliphatic heterocycles. The van der Waals surface area contributed by atoms with Crippen molar-refractivity contribution >= 4 is 29.3 Å². The molecule has 0 spiro atoms. The van der Waals surface area contributed by atoms with Crippen molar-refractivity contribution in [3.63, 3.8) is 0 Å². The summed E-state index contributed by atoms with van der Waals surface area (Å²) in [7, 11) is 0. The molecule has 94 valence electrons. The van der Waals surface area contributed by atoms with E-state index in [9.17, 15) is 0 Å². The highest BCUT2D eigenvalue weighted by Crippen LogP contribution is 2.27. The van der Waals surface area contributed by atoms with Crippen LogP contribution in [0.15, 0.2) is 23.8 Å². The fraction of sp³-hybridized carbons (Fsp3) is 0.429. The van der Waals surface area contributed by atoms with Gasteiger partial charge in [0.2, 0.25) is 0 Å². The molecule has 1 nitrogen and oxygen atoms in total. The molecule has 0 aliphatic rings. The van der Waals surface area contributed by atoms with Gasteiger partial charge in [0.15, 0.2) is 0 Å². The molecule has 0 aromatic heterocycles. The van der Waals surface area contributed by atoms with Gasteiger partial charge in [0, 0.05) is 12.1 Å². The second-order valence-electron chi connectivity index (χ2n) is 5.24. The first-order valence-electron chi connectivity index (χ1n) is 5.66. The molecule has 17 heavy (non-hydrogen) atoms.